The summed E-state index contributed by atoms with van der Waals surface area (Å²) in [5, 5.41) is 9.71. The standard InChI is InChI=1S/C20H18ClF3N4O2/c21-16-7-13(20(22,23)24)3-4-15(16)12-6-17-19(25-8-12)28(11-26-17)10-18(30)27-5-1-2-14(29)9-27/h3-4,6-8,11,14,29H,1-2,5,9-10H2/t14-/m1/s1. The van der Waals surface area contributed by atoms with Crippen LogP contribution in [0.4, 0.5) is 13.2 Å². The maximum atomic E-state index is 12.8. The van der Waals surface area contributed by atoms with Crippen molar-refractivity contribution in [3.05, 3.63) is 47.4 Å². The third-order valence-electron chi connectivity index (χ3n) is 5.12. The Morgan fingerprint density at radius 1 is 1.27 bits per heavy atom. The minimum Gasteiger partial charge on any atom is -0.391 e. The number of aliphatic hydroxyl groups is 1. The summed E-state index contributed by atoms with van der Waals surface area (Å²) in [6.45, 7) is 0.957. The lowest BCUT2D eigenvalue weighted by molar-refractivity contribution is -0.137. The Bertz CT molecular complexity index is 1100. The Morgan fingerprint density at radius 2 is 2.07 bits per heavy atom. The molecule has 30 heavy (non-hydrogen) atoms. The van der Waals surface area contributed by atoms with E-state index >= 15 is 0 Å². The summed E-state index contributed by atoms with van der Waals surface area (Å²) in [5.74, 6) is -0.135. The van der Waals surface area contributed by atoms with Gasteiger partial charge in [-0.25, -0.2) is 9.97 Å². The van der Waals surface area contributed by atoms with Gasteiger partial charge in [-0.2, -0.15) is 13.2 Å². The maximum Gasteiger partial charge on any atom is 0.416 e. The fourth-order valence-electron chi connectivity index (χ4n) is 3.56. The van der Waals surface area contributed by atoms with Crippen molar-refractivity contribution in [1.82, 2.24) is 19.4 Å². The number of aliphatic hydroxyl groups excluding tert-OH is 1. The SMILES string of the molecule is O=C(Cn1cnc2cc(-c3ccc(C(F)(F)F)cc3Cl)cnc21)N1CCC[C@@H](O)C1. The van der Waals surface area contributed by atoms with Crippen LogP contribution in [0.5, 0.6) is 0 Å². The number of benzene rings is 1. The van der Waals surface area contributed by atoms with Gasteiger partial charge in [-0.1, -0.05) is 17.7 Å². The number of halogens is 4. The number of fused-ring (bicyclic) bond motifs is 1. The number of carbonyl (C=O) groups is 1. The van der Waals surface area contributed by atoms with E-state index in [2.05, 4.69) is 9.97 Å². The first kappa shape index (κ1) is 20.6. The van der Waals surface area contributed by atoms with Crippen molar-refractivity contribution in [2.75, 3.05) is 13.1 Å². The van der Waals surface area contributed by atoms with Crippen LogP contribution in [-0.4, -0.2) is 49.6 Å². The highest BCUT2D eigenvalue weighted by Crippen LogP contribution is 2.35. The Kier molecular flexibility index (Phi) is 5.42. The predicted molar refractivity (Wildman–Crippen MR) is 105 cm³/mol. The molecule has 1 amide bonds. The number of hydrogen-bond donors (Lipinski definition) is 1. The van der Waals surface area contributed by atoms with Crippen LogP contribution in [0.3, 0.4) is 0 Å². The number of hydrogen-bond acceptors (Lipinski definition) is 4. The summed E-state index contributed by atoms with van der Waals surface area (Å²) in [6, 6.07) is 4.82. The number of rotatable bonds is 3. The molecule has 1 aliphatic heterocycles. The van der Waals surface area contributed by atoms with Gasteiger partial charge in [-0.05, 0) is 31.0 Å². The van der Waals surface area contributed by atoms with Gasteiger partial charge in [0, 0.05) is 35.4 Å². The van der Waals surface area contributed by atoms with E-state index in [1.165, 1.54) is 18.6 Å². The topological polar surface area (TPSA) is 71.2 Å². The molecule has 158 valence electrons. The fourth-order valence-corrected chi connectivity index (χ4v) is 3.85. The lowest BCUT2D eigenvalue weighted by Gasteiger charge is -2.30. The quantitative estimate of drug-likeness (QED) is 0.676. The van der Waals surface area contributed by atoms with E-state index in [0.717, 1.165) is 18.6 Å². The molecule has 2 aromatic heterocycles. The lowest BCUT2D eigenvalue weighted by atomic mass is 10.0. The molecule has 1 aromatic carbocycles. The summed E-state index contributed by atoms with van der Waals surface area (Å²) in [4.78, 5) is 22.8. The van der Waals surface area contributed by atoms with Crippen LogP contribution in [0.1, 0.15) is 18.4 Å². The summed E-state index contributed by atoms with van der Waals surface area (Å²) in [5.41, 5.74) is 1.09. The molecule has 1 aliphatic rings. The zero-order valence-electron chi connectivity index (χ0n) is 15.7. The van der Waals surface area contributed by atoms with Gasteiger partial charge < -0.3 is 14.6 Å². The maximum absolute atomic E-state index is 12.8. The summed E-state index contributed by atoms with van der Waals surface area (Å²) >= 11 is 6.07. The zero-order chi connectivity index (χ0) is 21.5. The van der Waals surface area contributed by atoms with Crippen LogP contribution in [0.15, 0.2) is 36.8 Å². The minimum absolute atomic E-state index is 0.0377. The van der Waals surface area contributed by atoms with Crippen molar-refractivity contribution in [2.24, 2.45) is 0 Å². The first-order chi connectivity index (χ1) is 14.2. The van der Waals surface area contributed by atoms with Gasteiger partial charge in [0.05, 0.1) is 18.0 Å². The van der Waals surface area contributed by atoms with Gasteiger partial charge in [0.2, 0.25) is 5.91 Å². The molecule has 0 bridgehead atoms. The molecule has 1 saturated heterocycles. The Labute approximate surface area is 174 Å². The summed E-state index contributed by atoms with van der Waals surface area (Å²) in [6.07, 6.45) is -0.545. The summed E-state index contributed by atoms with van der Waals surface area (Å²) in [7, 11) is 0. The van der Waals surface area contributed by atoms with Gasteiger partial charge in [0.25, 0.3) is 0 Å². The fraction of sp³-hybridized carbons (Fsp3) is 0.350. The summed E-state index contributed by atoms with van der Waals surface area (Å²) < 4.78 is 40.1. The van der Waals surface area contributed by atoms with E-state index in [9.17, 15) is 23.1 Å². The number of carbonyl (C=O) groups excluding carboxylic acids is 1. The first-order valence-electron chi connectivity index (χ1n) is 9.36. The smallest absolute Gasteiger partial charge is 0.391 e. The van der Waals surface area contributed by atoms with Crippen molar-refractivity contribution in [3.8, 4) is 11.1 Å². The van der Waals surface area contributed by atoms with Crippen molar-refractivity contribution in [3.63, 3.8) is 0 Å². The van der Waals surface area contributed by atoms with E-state index < -0.39 is 17.8 Å². The number of pyridine rings is 1. The van der Waals surface area contributed by atoms with E-state index in [-0.39, 0.29) is 17.5 Å². The van der Waals surface area contributed by atoms with Gasteiger partial charge >= 0.3 is 6.18 Å². The Hall–Kier alpha value is -2.65. The van der Waals surface area contributed by atoms with Gasteiger partial charge in [-0.15, -0.1) is 0 Å². The second kappa shape index (κ2) is 7.88. The van der Waals surface area contributed by atoms with Crippen molar-refractivity contribution < 1.29 is 23.1 Å². The third kappa shape index (κ3) is 4.13. The highest BCUT2D eigenvalue weighted by molar-refractivity contribution is 6.33. The third-order valence-corrected chi connectivity index (χ3v) is 5.43. The predicted octanol–water partition coefficient (Wildman–Crippen LogP) is 3.75. The highest BCUT2D eigenvalue weighted by Gasteiger charge is 2.31. The number of alkyl halides is 3. The molecule has 0 radical (unpaired) electrons. The average Bonchev–Trinajstić information content (AvgIpc) is 3.09. The minimum atomic E-state index is -4.47. The van der Waals surface area contributed by atoms with Crippen molar-refractivity contribution >= 4 is 28.7 Å². The Morgan fingerprint density at radius 3 is 2.77 bits per heavy atom. The number of β-amino-alcohol motifs (C(OH)–C–C–N with tert-alkyl or cyclic N) is 1. The molecule has 1 atom stereocenters. The zero-order valence-corrected chi connectivity index (χ0v) is 16.5. The van der Waals surface area contributed by atoms with Gasteiger partial charge in [-0.3, -0.25) is 4.79 Å². The largest absolute Gasteiger partial charge is 0.416 e. The molecule has 1 fully saturated rings. The molecule has 0 unspecified atom stereocenters. The van der Waals surface area contributed by atoms with Crippen molar-refractivity contribution in [2.45, 2.75) is 31.7 Å². The van der Waals surface area contributed by atoms with Gasteiger partial charge in [0.15, 0.2) is 5.65 Å². The van der Waals surface area contributed by atoms with Gasteiger partial charge in [0.1, 0.15) is 12.1 Å². The lowest BCUT2D eigenvalue weighted by Crippen LogP contribution is -2.43. The molecule has 3 aromatic rings. The molecule has 0 aliphatic carbocycles. The monoisotopic (exact) mass is 438 g/mol. The average molecular weight is 439 g/mol. The molecule has 4 rings (SSSR count). The highest BCUT2D eigenvalue weighted by atomic mass is 35.5. The van der Waals surface area contributed by atoms with Crippen LogP contribution >= 0.6 is 11.6 Å². The number of imidazole rings is 1. The van der Waals surface area contributed by atoms with Crippen LogP contribution < -0.4 is 0 Å². The molecule has 0 saturated carbocycles. The van der Waals surface area contributed by atoms with E-state index in [1.807, 2.05) is 0 Å². The normalized spacial score (nSPS) is 17.5. The van der Waals surface area contributed by atoms with E-state index in [4.69, 9.17) is 11.6 Å². The second-order valence-corrected chi connectivity index (χ2v) is 7.67. The van der Waals surface area contributed by atoms with Crippen molar-refractivity contribution in [1.29, 1.82) is 0 Å². The molecular weight excluding hydrogens is 421 g/mol. The number of piperidine rings is 1. The molecule has 3 heterocycles. The molecule has 10 heteroatoms. The molecule has 0 spiro atoms. The van der Waals surface area contributed by atoms with Crippen LogP contribution in [0.2, 0.25) is 5.02 Å². The second-order valence-electron chi connectivity index (χ2n) is 7.27. The number of nitrogens with zero attached hydrogens (tertiary/aromatic N) is 4. The number of likely N-dealkylation sites (tertiary alicyclic amines) is 1. The molecular formula is C20H18ClF3N4O2. The van der Waals surface area contributed by atoms with Crippen LogP contribution in [0, 0.1) is 0 Å². The van der Waals surface area contributed by atoms with Crippen LogP contribution in [0.25, 0.3) is 22.3 Å². The first-order valence-corrected chi connectivity index (χ1v) is 9.74. The number of amides is 1. The van der Waals surface area contributed by atoms with Crippen LogP contribution in [-0.2, 0) is 17.5 Å². The van der Waals surface area contributed by atoms with E-state index in [0.29, 0.717) is 41.8 Å². The Balaban J connectivity index is 1.57. The number of aromatic nitrogens is 3. The molecule has 6 nitrogen and oxygen atoms in total. The van der Waals surface area contributed by atoms with E-state index in [1.54, 1.807) is 15.5 Å². The molecule has 1 N–H and O–H groups in total.